The second kappa shape index (κ2) is 8.75. The van der Waals surface area contributed by atoms with Crippen molar-refractivity contribution >= 4 is 5.91 Å². The predicted molar refractivity (Wildman–Crippen MR) is 60.0 cm³/mol. The Morgan fingerprint density at radius 2 is 2.00 bits per heavy atom. The second-order valence-electron chi connectivity index (χ2n) is 3.50. The molecule has 0 unspecified atom stereocenters. The highest BCUT2D eigenvalue weighted by molar-refractivity contribution is 5.91. The summed E-state index contributed by atoms with van der Waals surface area (Å²) in [5.41, 5.74) is 5.76. The standard InChI is InChI=1S/C11H22N2O/c1-3-4-8-13-9-6-5-7-10(2)11(12)14/h7,13H,3-6,8-9H2,1-2H3,(H2,12,14). The molecule has 0 saturated heterocycles. The molecule has 0 aliphatic carbocycles. The Labute approximate surface area is 86.8 Å². The topological polar surface area (TPSA) is 55.1 Å². The van der Waals surface area contributed by atoms with E-state index < -0.39 is 0 Å². The van der Waals surface area contributed by atoms with Crippen LogP contribution >= 0.6 is 0 Å². The molecule has 0 heterocycles. The lowest BCUT2D eigenvalue weighted by Gasteiger charge is -2.01. The highest BCUT2D eigenvalue weighted by Crippen LogP contribution is 1.96. The van der Waals surface area contributed by atoms with Crippen molar-refractivity contribution in [3.05, 3.63) is 11.6 Å². The van der Waals surface area contributed by atoms with E-state index in [0.717, 1.165) is 25.9 Å². The van der Waals surface area contributed by atoms with Gasteiger partial charge in [-0.15, -0.1) is 0 Å². The first kappa shape index (κ1) is 13.2. The van der Waals surface area contributed by atoms with Gasteiger partial charge in [0.2, 0.25) is 5.91 Å². The van der Waals surface area contributed by atoms with Crippen molar-refractivity contribution in [2.75, 3.05) is 13.1 Å². The number of rotatable bonds is 8. The number of hydrogen-bond acceptors (Lipinski definition) is 2. The zero-order valence-corrected chi connectivity index (χ0v) is 9.31. The van der Waals surface area contributed by atoms with Crippen LogP contribution in [0.4, 0.5) is 0 Å². The third-order valence-electron chi connectivity index (χ3n) is 2.10. The molecule has 0 saturated carbocycles. The molecular weight excluding hydrogens is 176 g/mol. The Bertz CT molecular complexity index is 188. The lowest BCUT2D eigenvalue weighted by molar-refractivity contribution is -0.114. The summed E-state index contributed by atoms with van der Waals surface area (Å²) in [6.07, 6.45) is 6.36. The van der Waals surface area contributed by atoms with Crippen LogP contribution in [0.5, 0.6) is 0 Å². The second-order valence-corrected chi connectivity index (χ2v) is 3.50. The van der Waals surface area contributed by atoms with E-state index in [2.05, 4.69) is 12.2 Å². The van der Waals surface area contributed by atoms with Crippen molar-refractivity contribution in [2.24, 2.45) is 5.73 Å². The molecule has 0 spiro atoms. The zero-order chi connectivity index (χ0) is 10.8. The van der Waals surface area contributed by atoms with Gasteiger partial charge in [-0.1, -0.05) is 19.4 Å². The summed E-state index contributed by atoms with van der Waals surface area (Å²) in [6.45, 7) is 6.05. The summed E-state index contributed by atoms with van der Waals surface area (Å²) in [5.74, 6) is -0.316. The van der Waals surface area contributed by atoms with Gasteiger partial charge in [-0.3, -0.25) is 4.79 Å². The number of unbranched alkanes of at least 4 members (excludes halogenated alkanes) is 2. The van der Waals surface area contributed by atoms with E-state index in [1.54, 1.807) is 6.92 Å². The molecule has 14 heavy (non-hydrogen) atoms. The number of nitrogens with two attached hydrogens (primary N) is 1. The highest BCUT2D eigenvalue weighted by Gasteiger charge is 1.94. The van der Waals surface area contributed by atoms with Crippen molar-refractivity contribution in [3.8, 4) is 0 Å². The smallest absolute Gasteiger partial charge is 0.244 e. The van der Waals surface area contributed by atoms with Gasteiger partial charge in [-0.25, -0.2) is 0 Å². The molecule has 0 bridgehead atoms. The maximum absolute atomic E-state index is 10.6. The van der Waals surface area contributed by atoms with E-state index in [1.807, 2.05) is 6.08 Å². The van der Waals surface area contributed by atoms with Crippen LogP contribution < -0.4 is 11.1 Å². The maximum Gasteiger partial charge on any atom is 0.244 e. The van der Waals surface area contributed by atoms with Crippen LogP contribution in [-0.4, -0.2) is 19.0 Å². The Morgan fingerprint density at radius 3 is 2.57 bits per heavy atom. The van der Waals surface area contributed by atoms with Gasteiger partial charge in [0.1, 0.15) is 0 Å². The van der Waals surface area contributed by atoms with E-state index in [-0.39, 0.29) is 5.91 Å². The molecule has 0 radical (unpaired) electrons. The van der Waals surface area contributed by atoms with Crippen molar-refractivity contribution in [2.45, 2.75) is 39.5 Å². The molecule has 3 heteroatoms. The summed E-state index contributed by atoms with van der Waals surface area (Å²) >= 11 is 0. The van der Waals surface area contributed by atoms with E-state index in [1.165, 1.54) is 12.8 Å². The third kappa shape index (κ3) is 7.80. The predicted octanol–water partition coefficient (Wildman–Crippen LogP) is 1.59. The maximum atomic E-state index is 10.6. The van der Waals surface area contributed by atoms with Gasteiger partial charge < -0.3 is 11.1 Å². The van der Waals surface area contributed by atoms with E-state index in [4.69, 9.17) is 5.73 Å². The molecule has 1 amide bonds. The van der Waals surface area contributed by atoms with E-state index in [9.17, 15) is 4.79 Å². The van der Waals surface area contributed by atoms with Gasteiger partial charge in [-0.05, 0) is 39.3 Å². The summed E-state index contributed by atoms with van der Waals surface area (Å²) in [6, 6.07) is 0. The van der Waals surface area contributed by atoms with Gasteiger partial charge in [0, 0.05) is 5.57 Å². The molecule has 3 N–H and O–H groups in total. The van der Waals surface area contributed by atoms with Crippen molar-refractivity contribution in [1.29, 1.82) is 0 Å². The minimum absolute atomic E-state index is 0.316. The highest BCUT2D eigenvalue weighted by atomic mass is 16.1. The Morgan fingerprint density at radius 1 is 1.36 bits per heavy atom. The largest absolute Gasteiger partial charge is 0.366 e. The SMILES string of the molecule is CCCCNCCCC=C(C)C(N)=O. The van der Waals surface area contributed by atoms with Crippen LogP contribution in [0.3, 0.4) is 0 Å². The number of carbonyl (C=O) groups is 1. The first-order chi connectivity index (χ1) is 6.68. The first-order valence-corrected chi connectivity index (χ1v) is 5.35. The molecule has 0 atom stereocenters. The van der Waals surface area contributed by atoms with Crippen molar-refractivity contribution in [3.63, 3.8) is 0 Å². The fraction of sp³-hybridized carbons (Fsp3) is 0.727. The van der Waals surface area contributed by atoms with Crippen LogP contribution in [0.1, 0.15) is 39.5 Å². The fourth-order valence-corrected chi connectivity index (χ4v) is 1.07. The molecule has 0 fully saturated rings. The number of nitrogens with one attached hydrogen (secondary N) is 1. The van der Waals surface area contributed by atoms with Gasteiger partial charge >= 0.3 is 0 Å². The third-order valence-corrected chi connectivity index (χ3v) is 2.10. The molecule has 3 nitrogen and oxygen atoms in total. The van der Waals surface area contributed by atoms with E-state index >= 15 is 0 Å². The number of hydrogen-bond donors (Lipinski definition) is 2. The molecule has 0 aromatic rings. The van der Waals surface area contributed by atoms with Crippen molar-refractivity contribution in [1.82, 2.24) is 5.32 Å². The minimum atomic E-state index is -0.316. The Hall–Kier alpha value is -0.830. The van der Waals surface area contributed by atoms with Crippen LogP contribution in [-0.2, 0) is 4.79 Å². The van der Waals surface area contributed by atoms with Gasteiger partial charge in [-0.2, -0.15) is 0 Å². The number of amides is 1. The van der Waals surface area contributed by atoms with Crippen molar-refractivity contribution < 1.29 is 4.79 Å². The van der Waals surface area contributed by atoms with Crippen LogP contribution in [0.15, 0.2) is 11.6 Å². The molecule has 0 rings (SSSR count). The summed E-state index contributed by atoms with van der Waals surface area (Å²) in [7, 11) is 0. The lowest BCUT2D eigenvalue weighted by Crippen LogP contribution is -2.16. The average Bonchev–Trinajstić information content (AvgIpc) is 2.16. The Kier molecular flexibility index (Phi) is 8.24. The quantitative estimate of drug-likeness (QED) is 0.459. The normalized spacial score (nSPS) is 11.7. The lowest BCUT2D eigenvalue weighted by atomic mass is 10.2. The molecule has 0 aromatic heterocycles. The number of allylic oxidation sites excluding steroid dienone is 1. The molecule has 0 aromatic carbocycles. The number of carbonyl (C=O) groups excluding carboxylic acids is 1. The molecular formula is C11H22N2O. The number of primary amides is 1. The Balaban J connectivity index is 3.29. The monoisotopic (exact) mass is 198 g/mol. The van der Waals surface area contributed by atoms with Gasteiger partial charge in [0.05, 0.1) is 0 Å². The average molecular weight is 198 g/mol. The van der Waals surface area contributed by atoms with Gasteiger partial charge in [0.25, 0.3) is 0 Å². The minimum Gasteiger partial charge on any atom is -0.366 e. The van der Waals surface area contributed by atoms with Crippen LogP contribution in [0, 0.1) is 0 Å². The summed E-state index contributed by atoms with van der Waals surface area (Å²) in [5, 5.41) is 3.34. The van der Waals surface area contributed by atoms with Crippen LogP contribution in [0.2, 0.25) is 0 Å². The fourth-order valence-electron chi connectivity index (χ4n) is 1.07. The van der Waals surface area contributed by atoms with Crippen LogP contribution in [0.25, 0.3) is 0 Å². The van der Waals surface area contributed by atoms with Gasteiger partial charge in [0.15, 0.2) is 0 Å². The molecule has 0 aliphatic rings. The molecule has 0 aliphatic heterocycles. The zero-order valence-electron chi connectivity index (χ0n) is 9.31. The first-order valence-electron chi connectivity index (χ1n) is 5.35. The van der Waals surface area contributed by atoms with E-state index in [0.29, 0.717) is 5.57 Å². The summed E-state index contributed by atoms with van der Waals surface area (Å²) in [4.78, 5) is 10.6. The molecule has 82 valence electrons. The summed E-state index contributed by atoms with van der Waals surface area (Å²) < 4.78 is 0.